The molecule has 0 fully saturated rings. The Hall–Kier alpha value is -0.180. The molecule has 0 radical (unpaired) electrons. The molecule has 1 rings (SSSR count). The minimum atomic E-state index is -3.51. The summed E-state index contributed by atoms with van der Waals surface area (Å²) in [6.45, 7) is 3.52. The highest BCUT2D eigenvalue weighted by Gasteiger charge is 2.26. The number of hydrogen-bond donors (Lipinski definition) is 1. The van der Waals surface area contributed by atoms with Crippen LogP contribution in [0.2, 0.25) is 0 Å². The van der Waals surface area contributed by atoms with E-state index in [-0.39, 0.29) is 24.1 Å². The summed E-state index contributed by atoms with van der Waals surface area (Å²) in [5.74, 6) is 0. The van der Waals surface area contributed by atoms with Crippen LogP contribution >= 0.6 is 22.6 Å². The second-order valence-corrected chi connectivity index (χ2v) is 7.02. The maximum Gasteiger partial charge on any atom is 0.243 e. The van der Waals surface area contributed by atoms with Gasteiger partial charge in [0.2, 0.25) is 10.0 Å². The Morgan fingerprint density at radius 1 is 1.29 bits per heavy atom. The first kappa shape index (κ1) is 14.9. The lowest BCUT2D eigenvalue weighted by Crippen LogP contribution is -2.38. The average molecular weight is 369 g/mol. The van der Waals surface area contributed by atoms with E-state index in [1.54, 1.807) is 38.1 Å². The van der Waals surface area contributed by atoms with E-state index in [1.165, 1.54) is 4.31 Å². The van der Waals surface area contributed by atoms with Crippen LogP contribution in [0, 0.1) is 3.57 Å². The van der Waals surface area contributed by atoms with Crippen molar-refractivity contribution < 1.29 is 13.5 Å². The first-order chi connectivity index (χ1) is 7.89. The monoisotopic (exact) mass is 369 g/mol. The van der Waals surface area contributed by atoms with E-state index in [4.69, 9.17) is 5.11 Å². The molecule has 1 aromatic carbocycles. The summed E-state index contributed by atoms with van der Waals surface area (Å²) in [4.78, 5) is 0.264. The Balaban J connectivity index is 3.12. The van der Waals surface area contributed by atoms with Crippen molar-refractivity contribution in [3.8, 4) is 0 Å². The third-order valence-electron chi connectivity index (χ3n) is 2.32. The maximum atomic E-state index is 12.3. The molecule has 0 saturated carbocycles. The standard InChI is InChI=1S/C11H16INO3S/c1-9(2)13(7-8-14)17(15,16)11-5-3-10(12)4-6-11/h3-6,9,14H,7-8H2,1-2H3. The number of benzene rings is 1. The molecule has 96 valence electrons. The van der Waals surface area contributed by atoms with Gasteiger partial charge in [0.15, 0.2) is 0 Å². The largest absolute Gasteiger partial charge is 0.395 e. The smallest absolute Gasteiger partial charge is 0.243 e. The predicted octanol–water partition coefficient (Wildman–Crippen LogP) is 1.68. The fraction of sp³-hybridized carbons (Fsp3) is 0.455. The Bertz CT molecular complexity index is 456. The van der Waals surface area contributed by atoms with Gasteiger partial charge >= 0.3 is 0 Å². The molecule has 0 aromatic heterocycles. The maximum absolute atomic E-state index is 12.3. The highest BCUT2D eigenvalue weighted by atomic mass is 127. The van der Waals surface area contributed by atoms with Crippen LogP contribution in [0.4, 0.5) is 0 Å². The zero-order valence-corrected chi connectivity index (χ0v) is 12.8. The molecule has 0 unspecified atom stereocenters. The summed E-state index contributed by atoms with van der Waals surface area (Å²) in [5, 5.41) is 8.93. The SMILES string of the molecule is CC(C)N(CCO)S(=O)(=O)c1ccc(I)cc1. The van der Waals surface area contributed by atoms with Crippen LogP contribution in [0.15, 0.2) is 29.2 Å². The van der Waals surface area contributed by atoms with Gasteiger partial charge in [0, 0.05) is 16.2 Å². The Morgan fingerprint density at radius 2 is 1.82 bits per heavy atom. The molecule has 0 spiro atoms. The van der Waals surface area contributed by atoms with Gasteiger partial charge in [0.05, 0.1) is 11.5 Å². The molecular weight excluding hydrogens is 353 g/mol. The number of rotatable bonds is 5. The quantitative estimate of drug-likeness (QED) is 0.804. The van der Waals surface area contributed by atoms with Gasteiger partial charge in [-0.2, -0.15) is 4.31 Å². The number of hydrogen-bond acceptors (Lipinski definition) is 3. The van der Waals surface area contributed by atoms with Gasteiger partial charge in [-0.15, -0.1) is 0 Å². The molecule has 0 saturated heterocycles. The number of halogens is 1. The Morgan fingerprint density at radius 3 is 2.24 bits per heavy atom. The predicted molar refractivity (Wildman–Crippen MR) is 75.3 cm³/mol. The number of aliphatic hydroxyl groups is 1. The number of sulfonamides is 1. The van der Waals surface area contributed by atoms with Crippen molar-refractivity contribution in [3.63, 3.8) is 0 Å². The summed E-state index contributed by atoms with van der Waals surface area (Å²) in [6.07, 6.45) is 0. The molecule has 6 heteroatoms. The first-order valence-electron chi connectivity index (χ1n) is 5.28. The zero-order chi connectivity index (χ0) is 13.1. The molecule has 4 nitrogen and oxygen atoms in total. The van der Waals surface area contributed by atoms with Gasteiger partial charge in [-0.25, -0.2) is 8.42 Å². The average Bonchev–Trinajstić information content (AvgIpc) is 2.25. The van der Waals surface area contributed by atoms with E-state index < -0.39 is 10.0 Å². The van der Waals surface area contributed by atoms with E-state index in [9.17, 15) is 8.42 Å². The highest BCUT2D eigenvalue weighted by molar-refractivity contribution is 14.1. The molecule has 17 heavy (non-hydrogen) atoms. The zero-order valence-electron chi connectivity index (χ0n) is 9.80. The first-order valence-corrected chi connectivity index (χ1v) is 7.79. The minimum Gasteiger partial charge on any atom is -0.395 e. The van der Waals surface area contributed by atoms with Crippen LogP contribution in [-0.4, -0.2) is 37.0 Å². The van der Waals surface area contributed by atoms with Crippen molar-refractivity contribution in [2.45, 2.75) is 24.8 Å². The molecular formula is C11H16INO3S. The van der Waals surface area contributed by atoms with Gasteiger partial charge in [-0.1, -0.05) is 0 Å². The van der Waals surface area contributed by atoms with Crippen LogP contribution < -0.4 is 0 Å². The summed E-state index contributed by atoms with van der Waals surface area (Å²) in [7, 11) is -3.51. The van der Waals surface area contributed by atoms with E-state index >= 15 is 0 Å². The molecule has 1 aromatic rings. The summed E-state index contributed by atoms with van der Waals surface area (Å²) in [6, 6.07) is 6.51. The van der Waals surface area contributed by atoms with Crippen molar-refractivity contribution in [1.82, 2.24) is 4.31 Å². The molecule has 0 aliphatic heterocycles. The van der Waals surface area contributed by atoms with E-state index in [2.05, 4.69) is 22.6 Å². The van der Waals surface area contributed by atoms with Gasteiger partial charge in [0.25, 0.3) is 0 Å². The summed E-state index contributed by atoms with van der Waals surface area (Å²) < 4.78 is 26.9. The van der Waals surface area contributed by atoms with E-state index in [1.807, 2.05) is 0 Å². The normalized spacial score (nSPS) is 12.4. The van der Waals surface area contributed by atoms with Crippen molar-refractivity contribution in [3.05, 3.63) is 27.8 Å². The molecule has 0 heterocycles. The van der Waals surface area contributed by atoms with Crippen LogP contribution in [0.3, 0.4) is 0 Å². The third kappa shape index (κ3) is 3.64. The molecule has 0 bridgehead atoms. The summed E-state index contributed by atoms with van der Waals surface area (Å²) in [5.41, 5.74) is 0. The van der Waals surface area contributed by atoms with Crippen molar-refractivity contribution >= 4 is 32.6 Å². The number of nitrogens with zero attached hydrogens (tertiary/aromatic N) is 1. The second-order valence-electron chi connectivity index (χ2n) is 3.89. The van der Waals surface area contributed by atoms with Crippen LogP contribution in [0.1, 0.15) is 13.8 Å². The van der Waals surface area contributed by atoms with Crippen LogP contribution in [0.5, 0.6) is 0 Å². The van der Waals surface area contributed by atoms with Crippen molar-refractivity contribution in [1.29, 1.82) is 0 Å². The van der Waals surface area contributed by atoms with Gasteiger partial charge in [-0.05, 0) is 60.7 Å². The van der Waals surface area contributed by atoms with E-state index in [0.29, 0.717) is 0 Å². The topological polar surface area (TPSA) is 57.6 Å². The van der Waals surface area contributed by atoms with E-state index in [0.717, 1.165) is 3.57 Å². The minimum absolute atomic E-state index is 0.117. The highest BCUT2D eigenvalue weighted by Crippen LogP contribution is 2.19. The molecule has 1 N–H and O–H groups in total. The Kier molecular flexibility index (Phi) is 5.36. The lowest BCUT2D eigenvalue weighted by Gasteiger charge is -2.25. The lowest BCUT2D eigenvalue weighted by atomic mass is 10.4. The second kappa shape index (κ2) is 6.12. The lowest BCUT2D eigenvalue weighted by molar-refractivity contribution is 0.236. The molecule has 0 aliphatic carbocycles. The van der Waals surface area contributed by atoms with Gasteiger partial charge < -0.3 is 5.11 Å². The fourth-order valence-corrected chi connectivity index (χ4v) is 3.48. The molecule has 0 aliphatic rings. The van der Waals surface area contributed by atoms with Crippen LogP contribution in [0.25, 0.3) is 0 Å². The van der Waals surface area contributed by atoms with Gasteiger partial charge in [-0.3, -0.25) is 0 Å². The molecule has 0 amide bonds. The van der Waals surface area contributed by atoms with Crippen molar-refractivity contribution in [2.24, 2.45) is 0 Å². The number of aliphatic hydroxyl groups excluding tert-OH is 1. The van der Waals surface area contributed by atoms with Crippen molar-refractivity contribution in [2.75, 3.05) is 13.2 Å². The Labute approximate surface area is 116 Å². The fourth-order valence-electron chi connectivity index (χ4n) is 1.50. The third-order valence-corrected chi connectivity index (χ3v) is 5.13. The summed E-state index contributed by atoms with van der Waals surface area (Å²) >= 11 is 2.12. The van der Waals surface area contributed by atoms with Crippen LogP contribution in [-0.2, 0) is 10.0 Å². The molecule has 0 atom stereocenters. The van der Waals surface area contributed by atoms with Gasteiger partial charge in [0.1, 0.15) is 0 Å².